The zero-order chi connectivity index (χ0) is 19.0. The lowest BCUT2D eigenvalue weighted by Crippen LogP contribution is -2.25. The number of rotatable bonds is 3. The second-order valence-electron chi connectivity index (χ2n) is 5.97. The molecule has 0 unspecified atom stereocenters. The monoisotopic (exact) mass is 397 g/mol. The lowest BCUT2D eigenvalue weighted by atomic mass is 10.2. The lowest BCUT2D eigenvalue weighted by Gasteiger charge is -2.10. The minimum absolute atomic E-state index is 0.257. The molecule has 0 aliphatic carbocycles. The summed E-state index contributed by atoms with van der Waals surface area (Å²) >= 11 is 12.1. The van der Waals surface area contributed by atoms with Crippen molar-refractivity contribution >= 4 is 45.7 Å². The summed E-state index contributed by atoms with van der Waals surface area (Å²) in [5.74, 6) is -0.346. The number of benzene rings is 2. The Kier molecular flexibility index (Phi) is 4.56. The van der Waals surface area contributed by atoms with Crippen LogP contribution in [0, 0.1) is 0 Å². The van der Waals surface area contributed by atoms with Crippen molar-refractivity contribution in [1.29, 1.82) is 0 Å². The van der Waals surface area contributed by atoms with E-state index in [1.807, 2.05) is 18.2 Å². The average Bonchev–Trinajstić information content (AvgIpc) is 2.66. The van der Waals surface area contributed by atoms with Crippen molar-refractivity contribution < 1.29 is 4.79 Å². The van der Waals surface area contributed by atoms with Gasteiger partial charge in [0.2, 0.25) is 0 Å². The van der Waals surface area contributed by atoms with Crippen LogP contribution in [0.15, 0.2) is 65.6 Å². The molecule has 2 aromatic carbocycles. The molecule has 2 aromatic heterocycles. The first-order valence-corrected chi connectivity index (χ1v) is 8.92. The van der Waals surface area contributed by atoms with E-state index in [2.05, 4.69) is 10.3 Å². The van der Waals surface area contributed by atoms with Crippen molar-refractivity contribution in [1.82, 2.24) is 14.7 Å². The number of carbonyl (C=O) groups excluding carboxylic acids is 1. The number of carbonyl (C=O) groups is 1. The van der Waals surface area contributed by atoms with Crippen LogP contribution < -0.4 is 10.9 Å². The van der Waals surface area contributed by atoms with Gasteiger partial charge in [0.15, 0.2) is 5.65 Å². The molecule has 0 saturated heterocycles. The van der Waals surface area contributed by atoms with E-state index < -0.39 is 0 Å². The Balaban J connectivity index is 1.77. The summed E-state index contributed by atoms with van der Waals surface area (Å²) in [5, 5.41) is 4.30. The molecule has 0 bridgehead atoms. The maximum atomic E-state index is 12.7. The van der Waals surface area contributed by atoms with Crippen LogP contribution in [-0.4, -0.2) is 15.3 Å². The molecular formula is C20H13Cl2N3O2. The van der Waals surface area contributed by atoms with Gasteiger partial charge in [-0.25, -0.2) is 4.98 Å². The van der Waals surface area contributed by atoms with Gasteiger partial charge in [-0.05, 0) is 42.0 Å². The van der Waals surface area contributed by atoms with Gasteiger partial charge in [-0.3, -0.25) is 14.0 Å². The fraction of sp³-hybridized carbons (Fsp3) is 0.0500. The molecule has 4 rings (SSSR count). The van der Waals surface area contributed by atoms with Crippen LogP contribution in [-0.2, 0) is 6.54 Å². The van der Waals surface area contributed by atoms with Crippen LogP contribution in [0.3, 0.4) is 0 Å². The molecule has 0 atom stereocenters. The van der Waals surface area contributed by atoms with Crippen molar-refractivity contribution in [2.75, 3.05) is 0 Å². The van der Waals surface area contributed by atoms with E-state index in [0.29, 0.717) is 26.5 Å². The maximum absolute atomic E-state index is 12.7. The molecule has 2 heterocycles. The third-order valence-corrected chi connectivity index (χ3v) is 4.85. The summed E-state index contributed by atoms with van der Waals surface area (Å²) in [7, 11) is 0. The summed E-state index contributed by atoms with van der Waals surface area (Å²) in [6, 6.07) is 15.4. The van der Waals surface area contributed by atoms with Crippen LogP contribution in [0.4, 0.5) is 0 Å². The van der Waals surface area contributed by atoms with Crippen LogP contribution in [0.5, 0.6) is 0 Å². The number of hydrogen-bond donors (Lipinski definition) is 1. The number of halogens is 2. The quantitative estimate of drug-likeness (QED) is 0.529. The van der Waals surface area contributed by atoms with E-state index in [4.69, 9.17) is 23.2 Å². The van der Waals surface area contributed by atoms with E-state index in [1.54, 1.807) is 42.6 Å². The molecule has 5 nitrogen and oxygen atoms in total. The fourth-order valence-electron chi connectivity index (χ4n) is 2.89. The molecule has 7 heteroatoms. The summed E-state index contributed by atoms with van der Waals surface area (Å²) in [5.41, 5.74) is 1.55. The second-order valence-corrected chi connectivity index (χ2v) is 6.81. The summed E-state index contributed by atoms with van der Waals surface area (Å²) in [4.78, 5) is 29.9. The highest BCUT2D eigenvalue weighted by Crippen LogP contribution is 2.18. The average molecular weight is 398 g/mol. The Morgan fingerprint density at radius 3 is 2.70 bits per heavy atom. The Morgan fingerprint density at radius 1 is 1.07 bits per heavy atom. The first-order chi connectivity index (χ1) is 13.0. The van der Waals surface area contributed by atoms with Crippen molar-refractivity contribution in [3.05, 3.63) is 92.3 Å². The Bertz CT molecular complexity index is 1250. The van der Waals surface area contributed by atoms with Gasteiger partial charge in [-0.2, -0.15) is 0 Å². The molecule has 0 radical (unpaired) electrons. The minimum atomic E-state index is -0.346. The van der Waals surface area contributed by atoms with Gasteiger partial charge in [0.25, 0.3) is 11.5 Å². The third-order valence-electron chi connectivity index (χ3n) is 4.24. The zero-order valence-electron chi connectivity index (χ0n) is 13.9. The highest BCUT2D eigenvalue weighted by molar-refractivity contribution is 6.31. The maximum Gasteiger partial charge on any atom is 0.265 e. The van der Waals surface area contributed by atoms with Crippen LogP contribution in [0.2, 0.25) is 10.0 Å². The molecule has 0 aliphatic heterocycles. The first kappa shape index (κ1) is 17.5. The van der Waals surface area contributed by atoms with Crippen LogP contribution in [0.1, 0.15) is 15.9 Å². The smallest absolute Gasteiger partial charge is 0.265 e. The highest BCUT2D eigenvalue weighted by Gasteiger charge is 2.14. The molecular weight excluding hydrogens is 385 g/mol. The topological polar surface area (TPSA) is 63.5 Å². The van der Waals surface area contributed by atoms with Gasteiger partial charge in [0.05, 0.1) is 16.5 Å². The van der Waals surface area contributed by atoms with Gasteiger partial charge in [0.1, 0.15) is 0 Å². The Labute approximate surface area is 164 Å². The van der Waals surface area contributed by atoms with Gasteiger partial charge in [0, 0.05) is 22.8 Å². The van der Waals surface area contributed by atoms with Gasteiger partial charge >= 0.3 is 0 Å². The number of fused-ring (bicyclic) bond motifs is 2. The summed E-state index contributed by atoms with van der Waals surface area (Å²) in [6.07, 6.45) is 1.59. The van der Waals surface area contributed by atoms with Crippen LogP contribution in [0.25, 0.3) is 16.6 Å². The van der Waals surface area contributed by atoms with Crippen molar-refractivity contribution in [3.63, 3.8) is 0 Å². The largest absolute Gasteiger partial charge is 0.348 e. The van der Waals surface area contributed by atoms with Crippen molar-refractivity contribution in [2.45, 2.75) is 6.54 Å². The minimum Gasteiger partial charge on any atom is -0.348 e. The number of amides is 1. The molecule has 0 saturated carbocycles. The Hall–Kier alpha value is -2.89. The van der Waals surface area contributed by atoms with E-state index in [0.717, 1.165) is 5.56 Å². The normalized spacial score (nSPS) is 11.0. The standard InChI is InChI=1S/C20H13Cl2N3O2/c21-13-7-8-14-17(10-13)24-18-15(5-3-9-25(18)20(14)27)19(26)23-11-12-4-1-2-6-16(12)22/h1-10H,11H2,(H,23,26). The number of hydrogen-bond acceptors (Lipinski definition) is 3. The number of nitrogens with one attached hydrogen (secondary N) is 1. The summed E-state index contributed by atoms with van der Waals surface area (Å²) in [6.45, 7) is 0.267. The lowest BCUT2D eigenvalue weighted by molar-refractivity contribution is 0.0952. The number of nitrogens with zero attached hydrogens (tertiary/aromatic N) is 2. The van der Waals surface area contributed by atoms with Gasteiger partial charge in [-0.1, -0.05) is 41.4 Å². The van der Waals surface area contributed by atoms with E-state index in [-0.39, 0.29) is 23.7 Å². The Morgan fingerprint density at radius 2 is 1.89 bits per heavy atom. The van der Waals surface area contributed by atoms with Crippen molar-refractivity contribution in [3.8, 4) is 0 Å². The zero-order valence-corrected chi connectivity index (χ0v) is 15.5. The molecule has 134 valence electrons. The molecule has 0 aliphatic rings. The number of aromatic nitrogens is 2. The van der Waals surface area contributed by atoms with Gasteiger partial charge in [-0.15, -0.1) is 0 Å². The van der Waals surface area contributed by atoms with Crippen molar-refractivity contribution in [2.24, 2.45) is 0 Å². The first-order valence-electron chi connectivity index (χ1n) is 8.17. The molecule has 27 heavy (non-hydrogen) atoms. The van der Waals surface area contributed by atoms with E-state index in [9.17, 15) is 9.59 Å². The highest BCUT2D eigenvalue weighted by atomic mass is 35.5. The van der Waals surface area contributed by atoms with E-state index >= 15 is 0 Å². The predicted molar refractivity (Wildman–Crippen MR) is 107 cm³/mol. The summed E-state index contributed by atoms with van der Waals surface area (Å²) < 4.78 is 1.36. The molecule has 4 aromatic rings. The van der Waals surface area contributed by atoms with Crippen LogP contribution >= 0.6 is 23.2 Å². The number of pyridine rings is 1. The molecule has 1 amide bonds. The molecule has 1 N–H and O–H groups in total. The SMILES string of the molecule is O=C(NCc1ccccc1Cl)c1cccn2c(=O)c3ccc(Cl)cc3nc12. The molecule has 0 fully saturated rings. The fourth-order valence-corrected chi connectivity index (χ4v) is 3.26. The predicted octanol–water partition coefficient (Wildman–Crippen LogP) is 4.08. The van der Waals surface area contributed by atoms with Gasteiger partial charge < -0.3 is 5.32 Å². The molecule has 0 spiro atoms. The van der Waals surface area contributed by atoms with E-state index in [1.165, 1.54) is 4.40 Å². The third kappa shape index (κ3) is 3.27. The second kappa shape index (κ2) is 7.02.